The molecule has 0 aliphatic rings. The Hall–Kier alpha value is -15.3. The van der Waals surface area contributed by atoms with Gasteiger partial charge in [0.15, 0.2) is 0 Å². The predicted octanol–water partition coefficient (Wildman–Crippen LogP) is 22.9. The van der Waals surface area contributed by atoms with Gasteiger partial charge in [-0.15, -0.1) is 68.0 Å². The van der Waals surface area contributed by atoms with Crippen LogP contribution >= 0.6 is 95.6 Å². The number of nitrogens with zero attached hydrogens (tertiary/aromatic N) is 12. The molecule has 12 aromatic heterocycles. The summed E-state index contributed by atoms with van der Waals surface area (Å²) in [6.07, 6.45) is 22.5. The normalized spacial score (nSPS) is 10.4. The summed E-state index contributed by atoms with van der Waals surface area (Å²) >= 11 is 18.2. The van der Waals surface area contributed by atoms with Crippen LogP contribution in [0.2, 0.25) is 5.02 Å². The fraction of sp³-hybridized carbons (Fsp3) is 0.0784. The molecule has 19 aromatic rings. The molecule has 0 unspecified atom stereocenters. The third kappa shape index (κ3) is 30.6. The van der Waals surface area contributed by atoms with Crippen molar-refractivity contribution in [3.63, 3.8) is 0 Å². The van der Waals surface area contributed by atoms with Gasteiger partial charge in [-0.25, -0.2) is 29.9 Å². The van der Waals surface area contributed by atoms with E-state index in [-0.39, 0.29) is 41.9 Å². The summed E-state index contributed by atoms with van der Waals surface area (Å²) in [6, 6.07) is 76.4. The largest absolute Gasteiger partial charge is 0.497 e. The fourth-order valence-electron chi connectivity index (χ4n) is 12.7. The first-order valence-corrected chi connectivity index (χ1v) is 48.2. The zero-order valence-corrected chi connectivity index (χ0v) is 79.8. The Bertz CT molecular complexity index is 7080. The number of rotatable bonds is 26. The Kier molecular flexibility index (Phi) is 35.9. The van der Waals surface area contributed by atoms with E-state index in [2.05, 4.69) is 126 Å². The number of pyridine rings is 6. The lowest BCUT2D eigenvalue weighted by molar-refractivity contribution is -0.116. The lowest BCUT2D eigenvalue weighted by Crippen LogP contribution is -2.14. The standard InChI is InChI=1S/C20H15N3OS.2C17H15N3O2S.C16H12BrN3OS.C16H12ClN3OS.C16H13N3OS/c24-19(12-14-5-6-15-3-1-2-4-17(15)11-14)22-18-13-25-20(23-18)16-7-9-21-10-8-16;1-22-14-4-2-12(3-5-14)10-16(21)19-15-11-23-17(20-15)13-6-8-18-9-7-13;1-22-14-4-2-3-12(9-14)10-16(21)19-15-11-23-17(20-15)13-5-7-18-8-6-13;17-13-4-2-1-3-12(13)9-15(21)19-14-10-22-16(20-14)11-5-7-18-8-6-11;17-13-3-1-11(2-4-13)9-15(21)19-14-10-22-16(20-14)12-5-7-18-8-6-12;20-15(10-12-4-2-1-3-5-12)18-14-11-21-16(19-14)13-6-8-17-9-7-13/h1-11,13H,12H2,(H,22,24);2*2-9,11H,10H2,1H3,(H,19,21);2*1-8,10H,9H2,(H,19,21);1-9,11H,10H2,(H,18,20). The second-order valence-corrected chi connectivity index (χ2v) is 35.5. The molecule has 7 aromatic carbocycles. The number of halogens is 2. The second-order valence-electron chi connectivity index (χ2n) is 29.1. The number of carbonyl (C=O) groups is 6. The van der Waals surface area contributed by atoms with E-state index in [9.17, 15) is 28.8 Å². The quantitative estimate of drug-likeness (QED) is 0.0293. The molecular formula is C102H82BrClN18O8S6. The minimum Gasteiger partial charge on any atom is -0.497 e. The molecule has 0 aliphatic carbocycles. The van der Waals surface area contributed by atoms with Gasteiger partial charge in [-0.3, -0.25) is 58.7 Å². The average Bonchev–Trinajstić information content (AvgIpc) is 1.17. The molecule has 0 aliphatic heterocycles. The molecule has 136 heavy (non-hydrogen) atoms. The number of hydrogen-bond acceptors (Lipinski definition) is 26. The molecule has 34 heteroatoms. The molecule has 0 bridgehead atoms. The van der Waals surface area contributed by atoms with Gasteiger partial charge in [0.1, 0.15) is 76.5 Å². The van der Waals surface area contributed by atoms with E-state index >= 15 is 0 Å². The van der Waals surface area contributed by atoms with Crippen LogP contribution in [0, 0.1) is 0 Å². The third-order valence-corrected chi connectivity index (χ3v) is 25.6. The number of ether oxygens (including phenoxy) is 2. The maximum absolute atomic E-state index is 12.3. The number of hydrogen-bond donors (Lipinski definition) is 6. The molecule has 12 heterocycles. The first-order chi connectivity index (χ1) is 66.5. The number of carbonyl (C=O) groups excluding carboxylic acids is 6. The zero-order chi connectivity index (χ0) is 94.4. The average molecular weight is 2000 g/mol. The van der Waals surface area contributed by atoms with Gasteiger partial charge in [0, 0.05) is 150 Å². The molecule has 678 valence electrons. The van der Waals surface area contributed by atoms with Crippen molar-refractivity contribution in [2.45, 2.75) is 38.5 Å². The molecule has 0 atom stereocenters. The summed E-state index contributed by atoms with van der Waals surface area (Å²) in [6.45, 7) is 0. The van der Waals surface area contributed by atoms with E-state index in [0.29, 0.717) is 72.0 Å². The van der Waals surface area contributed by atoms with Crippen LogP contribution in [-0.4, -0.2) is 109 Å². The Morgan fingerprint density at radius 2 is 0.544 bits per heavy atom. The van der Waals surface area contributed by atoms with Gasteiger partial charge >= 0.3 is 0 Å². The van der Waals surface area contributed by atoms with Crippen molar-refractivity contribution in [1.29, 1.82) is 0 Å². The van der Waals surface area contributed by atoms with Gasteiger partial charge in [0.2, 0.25) is 35.4 Å². The van der Waals surface area contributed by atoms with Crippen LogP contribution in [0.1, 0.15) is 33.4 Å². The fourth-order valence-corrected chi connectivity index (χ4v) is 17.8. The SMILES string of the molecule is COc1ccc(CC(=O)Nc2csc(-c3ccncc3)n2)cc1.COc1cccc(CC(=O)Nc2csc(-c3ccncc3)n2)c1.O=C(Cc1ccc(Cl)cc1)Nc1csc(-c2ccncc2)n1.O=C(Cc1ccc2ccccc2c1)Nc1csc(-c2ccncc2)n1.O=C(Cc1ccccc1)Nc1csc(-c2ccncc2)n1.O=C(Cc1ccccc1Br)Nc1csc(-c2ccncc2)n1. The number of thiazole rings is 6. The van der Waals surface area contributed by atoms with E-state index in [1.165, 1.54) is 73.4 Å². The highest BCUT2D eigenvalue weighted by Gasteiger charge is 2.18. The highest BCUT2D eigenvalue weighted by molar-refractivity contribution is 9.10. The maximum Gasteiger partial charge on any atom is 0.230 e. The van der Waals surface area contributed by atoms with E-state index in [1.54, 1.807) is 101 Å². The van der Waals surface area contributed by atoms with E-state index in [0.717, 1.165) is 118 Å². The van der Waals surface area contributed by atoms with Crippen molar-refractivity contribution < 1.29 is 38.2 Å². The number of benzene rings is 7. The summed E-state index contributed by atoms with van der Waals surface area (Å²) < 4.78 is 11.2. The molecule has 6 N–H and O–H groups in total. The molecular weight excluding hydrogens is 1910 g/mol. The van der Waals surface area contributed by atoms with Crippen molar-refractivity contribution in [1.82, 2.24) is 59.8 Å². The van der Waals surface area contributed by atoms with Crippen LogP contribution in [0.3, 0.4) is 0 Å². The summed E-state index contributed by atoms with van der Waals surface area (Å²) in [5, 5.41) is 36.1. The summed E-state index contributed by atoms with van der Waals surface area (Å²) in [5.41, 5.74) is 11.6. The van der Waals surface area contributed by atoms with E-state index in [1.807, 2.05) is 245 Å². The van der Waals surface area contributed by atoms with Crippen molar-refractivity contribution in [2.75, 3.05) is 46.1 Å². The van der Waals surface area contributed by atoms with Crippen LogP contribution < -0.4 is 41.4 Å². The highest BCUT2D eigenvalue weighted by atomic mass is 79.9. The van der Waals surface area contributed by atoms with Crippen LogP contribution in [-0.2, 0) is 67.3 Å². The molecule has 0 spiro atoms. The van der Waals surface area contributed by atoms with Crippen LogP contribution in [0.5, 0.6) is 11.5 Å². The second kappa shape index (κ2) is 50.5. The zero-order valence-electron chi connectivity index (χ0n) is 72.6. The van der Waals surface area contributed by atoms with Crippen LogP contribution in [0.25, 0.3) is 74.2 Å². The van der Waals surface area contributed by atoms with Gasteiger partial charge < -0.3 is 41.4 Å². The van der Waals surface area contributed by atoms with Gasteiger partial charge in [-0.05, 0) is 159 Å². The molecule has 0 saturated carbocycles. The Morgan fingerprint density at radius 3 is 0.882 bits per heavy atom. The number of anilines is 6. The van der Waals surface area contributed by atoms with Crippen molar-refractivity contribution in [3.05, 3.63) is 392 Å². The number of aromatic nitrogens is 12. The molecule has 19 rings (SSSR count). The monoisotopic (exact) mass is 1990 g/mol. The lowest BCUT2D eigenvalue weighted by Gasteiger charge is -2.04. The van der Waals surface area contributed by atoms with Crippen molar-refractivity contribution >= 4 is 177 Å². The van der Waals surface area contributed by atoms with Gasteiger partial charge in [0.25, 0.3) is 0 Å². The Labute approximate surface area is 819 Å². The molecule has 0 fully saturated rings. The minimum atomic E-state index is -0.107. The van der Waals surface area contributed by atoms with Crippen LogP contribution in [0.4, 0.5) is 34.9 Å². The van der Waals surface area contributed by atoms with E-state index in [4.69, 9.17) is 21.1 Å². The maximum atomic E-state index is 12.3. The van der Waals surface area contributed by atoms with Gasteiger partial charge in [0.05, 0.1) is 52.7 Å². The molecule has 0 saturated heterocycles. The highest BCUT2D eigenvalue weighted by Crippen LogP contribution is 2.33. The molecule has 26 nitrogen and oxygen atoms in total. The first kappa shape index (κ1) is 96.7. The Morgan fingerprint density at radius 1 is 0.272 bits per heavy atom. The summed E-state index contributed by atoms with van der Waals surface area (Å²) in [7, 11) is 3.22. The minimum absolute atomic E-state index is 0.0622. The van der Waals surface area contributed by atoms with Crippen LogP contribution in [0.15, 0.2) is 354 Å². The van der Waals surface area contributed by atoms with Crippen molar-refractivity contribution in [2.24, 2.45) is 0 Å². The summed E-state index contributed by atoms with van der Waals surface area (Å²) in [5.74, 6) is 4.45. The van der Waals surface area contributed by atoms with Crippen molar-refractivity contribution in [3.8, 4) is 74.9 Å². The molecule has 6 amide bonds. The topological polar surface area (TPSA) is 348 Å². The third-order valence-electron chi connectivity index (χ3n) is 19.2. The lowest BCUT2D eigenvalue weighted by atomic mass is 10.1. The smallest absolute Gasteiger partial charge is 0.230 e. The van der Waals surface area contributed by atoms with Gasteiger partial charge in [-0.1, -0.05) is 155 Å². The number of methoxy groups -OCH3 is 2. The Balaban J connectivity index is 0.000000131. The van der Waals surface area contributed by atoms with Gasteiger partial charge in [-0.2, -0.15) is 0 Å². The number of fused-ring (bicyclic) bond motifs is 1. The predicted molar refractivity (Wildman–Crippen MR) is 548 cm³/mol. The summed E-state index contributed by atoms with van der Waals surface area (Å²) in [4.78, 5) is 123. The number of nitrogens with one attached hydrogen (secondary N) is 6. The first-order valence-electron chi connectivity index (χ1n) is 41.7. The number of amides is 6. The molecule has 0 radical (unpaired) electrons. The van der Waals surface area contributed by atoms with E-state index < -0.39 is 0 Å².